The lowest BCUT2D eigenvalue weighted by Crippen LogP contribution is -2.32. The Balaban J connectivity index is 2.26. The standard InChI is InChI=1S/C17H12F10N4O3/c1-31(10-3-2-8(4-9(10)18)17(25,26)27)14(32)30-13-28-11(33-6-15(19,20)21)5-12(29-13)34-7-16(22,23)24/h2-5H,6-7H2,1H3,(H,28,29,30,32). The lowest BCUT2D eigenvalue weighted by Gasteiger charge is -2.19. The zero-order valence-electron chi connectivity index (χ0n) is 16.6. The van der Waals surface area contributed by atoms with Gasteiger partial charge in [0.1, 0.15) is 5.82 Å². The van der Waals surface area contributed by atoms with Gasteiger partial charge in [-0.1, -0.05) is 0 Å². The van der Waals surface area contributed by atoms with Gasteiger partial charge in [0.15, 0.2) is 13.2 Å². The zero-order valence-corrected chi connectivity index (χ0v) is 16.6. The molecule has 34 heavy (non-hydrogen) atoms. The second kappa shape index (κ2) is 9.76. The van der Waals surface area contributed by atoms with Crippen molar-refractivity contribution in [2.45, 2.75) is 18.5 Å². The number of carbonyl (C=O) groups is 1. The largest absolute Gasteiger partial charge is 0.468 e. The van der Waals surface area contributed by atoms with Gasteiger partial charge < -0.3 is 9.47 Å². The van der Waals surface area contributed by atoms with Gasteiger partial charge in [-0.3, -0.25) is 10.2 Å². The van der Waals surface area contributed by atoms with E-state index in [0.29, 0.717) is 23.1 Å². The number of hydrogen-bond donors (Lipinski definition) is 1. The number of ether oxygens (including phenoxy) is 2. The summed E-state index contributed by atoms with van der Waals surface area (Å²) in [4.78, 5) is 19.5. The lowest BCUT2D eigenvalue weighted by molar-refractivity contribution is -0.154. The average molecular weight is 510 g/mol. The van der Waals surface area contributed by atoms with Crippen molar-refractivity contribution in [2.75, 3.05) is 30.5 Å². The number of urea groups is 1. The molecular formula is C17H12F10N4O3. The molecule has 2 rings (SSSR count). The Morgan fingerprint density at radius 1 is 0.912 bits per heavy atom. The van der Waals surface area contributed by atoms with E-state index in [-0.39, 0.29) is 6.07 Å². The van der Waals surface area contributed by atoms with Crippen LogP contribution in [-0.4, -0.2) is 48.6 Å². The Kier molecular flexibility index (Phi) is 7.67. The molecule has 0 unspecified atom stereocenters. The second-order valence-corrected chi connectivity index (χ2v) is 6.33. The number of carbonyl (C=O) groups excluding carboxylic acids is 1. The van der Waals surface area contributed by atoms with E-state index in [9.17, 15) is 48.7 Å². The molecule has 2 amide bonds. The normalized spacial score (nSPS) is 12.3. The van der Waals surface area contributed by atoms with Gasteiger partial charge >= 0.3 is 24.6 Å². The topological polar surface area (TPSA) is 76.6 Å². The summed E-state index contributed by atoms with van der Waals surface area (Å²) in [5, 5.41) is 1.84. The molecule has 1 aromatic heterocycles. The monoisotopic (exact) mass is 510 g/mol. The smallest absolute Gasteiger partial charge is 0.422 e. The minimum atomic E-state index is -4.86. The Bertz CT molecular complexity index is 988. The number of amides is 2. The molecule has 17 heteroatoms. The molecule has 1 N–H and O–H groups in total. The highest BCUT2D eigenvalue weighted by atomic mass is 19.4. The minimum Gasteiger partial charge on any atom is -0.468 e. The van der Waals surface area contributed by atoms with Crippen LogP contribution in [0.2, 0.25) is 0 Å². The maximum absolute atomic E-state index is 14.1. The van der Waals surface area contributed by atoms with Crippen LogP contribution in [0.4, 0.5) is 60.3 Å². The van der Waals surface area contributed by atoms with Gasteiger partial charge in [-0.15, -0.1) is 0 Å². The van der Waals surface area contributed by atoms with Gasteiger partial charge in [0.05, 0.1) is 17.3 Å². The number of anilines is 2. The van der Waals surface area contributed by atoms with Crippen molar-refractivity contribution in [3.8, 4) is 11.8 Å². The first-order chi connectivity index (χ1) is 15.4. The Labute approximate surface area is 183 Å². The molecule has 0 aliphatic heterocycles. The van der Waals surface area contributed by atoms with Crippen LogP contribution in [0.15, 0.2) is 24.3 Å². The van der Waals surface area contributed by atoms with Crippen LogP contribution in [0, 0.1) is 5.82 Å². The van der Waals surface area contributed by atoms with E-state index >= 15 is 0 Å². The number of benzene rings is 1. The fraction of sp³-hybridized carbons (Fsp3) is 0.353. The number of rotatable bonds is 6. The number of nitrogens with one attached hydrogen (secondary N) is 1. The molecule has 0 fully saturated rings. The Morgan fingerprint density at radius 3 is 1.82 bits per heavy atom. The van der Waals surface area contributed by atoms with Crippen LogP contribution in [0.5, 0.6) is 11.8 Å². The minimum absolute atomic E-state index is 0.115. The van der Waals surface area contributed by atoms with Gasteiger partial charge in [-0.25, -0.2) is 9.18 Å². The fourth-order valence-electron chi connectivity index (χ4n) is 2.16. The molecule has 188 valence electrons. The first kappa shape index (κ1) is 26.7. The molecule has 0 atom stereocenters. The molecule has 2 aromatic rings. The van der Waals surface area contributed by atoms with E-state index in [1.165, 1.54) is 0 Å². The summed E-state index contributed by atoms with van der Waals surface area (Å²) >= 11 is 0. The summed E-state index contributed by atoms with van der Waals surface area (Å²) in [5.74, 6) is -4.21. The van der Waals surface area contributed by atoms with Gasteiger partial charge in [0.2, 0.25) is 17.7 Å². The quantitative estimate of drug-likeness (QED) is 0.542. The summed E-state index contributed by atoms with van der Waals surface area (Å²) in [5.41, 5.74) is -1.99. The number of nitrogens with zero attached hydrogens (tertiary/aromatic N) is 3. The third kappa shape index (κ3) is 8.11. The first-order valence-corrected chi connectivity index (χ1v) is 8.64. The lowest BCUT2D eigenvalue weighted by atomic mass is 10.2. The molecule has 1 aromatic carbocycles. The van der Waals surface area contributed by atoms with Crippen molar-refractivity contribution >= 4 is 17.7 Å². The predicted octanol–water partition coefficient (Wildman–Crippen LogP) is 5.19. The highest BCUT2D eigenvalue weighted by Gasteiger charge is 2.32. The molecule has 0 saturated carbocycles. The average Bonchev–Trinajstić information content (AvgIpc) is 2.68. The van der Waals surface area contributed by atoms with E-state index in [1.807, 2.05) is 5.32 Å². The second-order valence-electron chi connectivity index (χ2n) is 6.33. The fourth-order valence-corrected chi connectivity index (χ4v) is 2.16. The molecule has 7 nitrogen and oxygen atoms in total. The molecule has 0 aliphatic carbocycles. The molecule has 0 spiro atoms. The Morgan fingerprint density at radius 2 is 1.41 bits per heavy atom. The number of alkyl halides is 9. The van der Waals surface area contributed by atoms with Crippen LogP contribution in [0.25, 0.3) is 0 Å². The molecule has 0 saturated heterocycles. The van der Waals surface area contributed by atoms with Crippen LogP contribution in [0.1, 0.15) is 5.56 Å². The van der Waals surface area contributed by atoms with E-state index in [0.717, 1.165) is 7.05 Å². The number of hydrogen-bond acceptors (Lipinski definition) is 5. The SMILES string of the molecule is CN(C(=O)Nc1nc(OCC(F)(F)F)cc(OCC(F)(F)F)n1)c1ccc(C(F)(F)F)cc1F. The van der Waals surface area contributed by atoms with Crippen LogP contribution < -0.4 is 19.7 Å². The van der Waals surface area contributed by atoms with Gasteiger partial charge in [0.25, 0.3) is 0 Å². The molecule has 0 bridgehead atoms. The Hall–Kier alpha value is -3.53. The third-order valence-electron chi connectivity index (χ3n) is 3.61. The van der Waals surface area contributed by atoms with Crippen molar-refractivity contribution in [1.82, 2.24) is 9.97 Å². The van der Waals surface area contributed by atoms with Gasteiger partial charge in [-0.2, -0.15) is 49.5 Å². The van der Waals surface area contributed by atoms with Crippen molar-refractivity contribution in [1.29, 1.82) is 0 Å². The van der Waals surface area contributed by atoms with E-state index in [2.05, 4.69) is 19.4 Å². The van der Waals surface area contributed by atoms with Crippen molar-refractivity contribution < 1.29 is 58.2 Å². The third-order valence-corrected chi connectivity index (χ3v) is 3.61. The first-order valence-electron chi connectivity index (χ1n) is 8.64. The number of aromatic nitrogens is 2. The van der Waals surface area contributed by atoms with Crippen LogP contribution in [0.3, 0.4) is 0 Å². The highest BCUT2D eigenvalue weighted by Crippen LogP contribution is 2.32. The van der Waals surface area contributed by atoms with Gasteiger partial charge in [0, 0.05) is 7.05 Å². The van der Waals surface area contributed by atoms with E-state index < -0.39 is 72.6 Å². The molecule has 0 aliphatic rings. The summed E-state index contributed by atoms with van der Waals surface area (Å²) < 4.78 is 135. The molecular weight excluding hydrogens is 498 g/mol. The van der Waals surface area contributed by atoms with Crippen LogP contribution >= 0.6 is 0 Å². The zero-order chi connectivity index (χ0) is 25.9. The van der Waals surface area contributed by atoms with E-state index in [4.69, 9.17) is 0 Å². The van der Waals surface area contributed by atoms with Crippen molar-refractivity contribution in [3.63, 3.8) is 0 Å². The molecule has 0 radical (unpaired) electrons. The molecule has 1 heterocycles. The van der Waals surface area contributed by atoms with E-state index in [1.54, 1.807) is 0 Å². The highest BCUT2D eigenvalue weighted by molar-refractivity contribution is 6.00. The van der Waals surface area contributed by atoms with Crippen molar-refractivity contribution in [3.05, 3.63) is 35.6 Å². The number of halogens is 10. The van der Waals surface area contributed by atoms with Crippen LogP contribution in [-0.2, 0) is 6.18 Å². The van der Waals surface area contributed by atoms with Crippen molar-refractivity contribution in [2.24, 2.45) is 0 Å². The maximum atomic E-state index is 14.1. The summed E-state index contributed by atoms with van der Waals surface area (Å²) in [6.07, 6.45) is -14.6. The predicted molar refractivity (Wildman–Crippen MR) is 94.0 cm³/mol. The maximum Gasteiger partial charge on any atom is 0.422 e. The summed E-state index contributed by atoms with van der Waals surface area (Å²) in [7, 11) is 0.909. The summed E-state index contributed by atoms with van der Waals surface area (Å²) in [6, 6.07) is 0.400. The van der Waals surface area contributed by atoms with Gasteiger partial charge in [-0.05, 0) is 18.2 Å². The summed E-state index contributed by atoms with van der Waals surface area (Å²) in [6.45, 7) is -3.79.